The van der Waals surface area contributed by atoms with Gasteiger partial charge in [-0.1, -0.05) is 35.5 Å². The Bertz CT molecular complexity index is 1130. The number of benzene rings is 2. The SMILES string of the molecule is O=C(CSc1nnc(-c2ccccc2Cl)n1-n1cccc1)Nc1ccc(F)cc1. The fourth-order valence-electron chi connectivity index (χ4n) is 2.69. The van der Waals surface area contributed by atoms with Crippen LogP contribution in [0.4, 0.5) is 10.1 Å². The second-order valence-electron chi connectivity index (χ2n) is 6.00. The van der Waals surface area contributed by atoms with Crippen LogP contribution in [0.25, 0.3) is 11.4 Å². The van der Waals surface area contributed by atoms with Gasteiger partial charge in [0.05, 0.1) is 10.8 Å². The maximum Gasteiger partial charge on any atom is 0.234 e. The molecule has 0 aliphatic rings. The van der Waals surface area contributed by atoms with E-state index in [1.165, 1.54) is 36.0 Å². The molecular formula is C20H15ClFN5OS. The van der Waals surface area contributed by atoms with E-state index >= 15 is 0 Å². The summed E-state index contributed by atoms with van der Waals surface area (Å²) >= 11 is 7.58. The largest absolute Gasteiger partial charge is 0.325 e. The second kappa shape index (κ2) is 8.50. The van der Waals surface area contributed by atoms with Gasteiger partial charge in [0.2, 0.25) is 11.1 Å². The van der Waals surface area contributed by atoms with Crippen molar-refractivity contribution in [3.8, 4) is 11.4 Å². The van der Waals surface area contributed by atoms with E-state index in [1.807, 2.05) is 47.4 Å². The van der Waals surface area contributed by atoms with Gasteiger partial charge in [0.15, 0.2) is 5.82 Å². The molecule has 0 spiro atoms. The molecule has 0 aliphatic carbocycles. The minimum atomic E-state index is -0.357. The number of nitrogens with zero attached hydrogens (tertiary/aromatic N) is 4. The fraction of sp³-hybridized carbons (Fsp3) is 0.0500. The molecule has 0 aliphatic heterocycles. The van der Waals surface area contributed by atoms with Gasteiger partial charge in [0.1, 0.15) is 5.82 Å². The predicted molar refractivity (Wildman–Crippen MR) is 111 cm³/mol. The molecule has 0 atom stereocenters. The number of thioether (sulfide) groups is 1. The minimum absolute atomic E-state index is 0.110. The number of carbonyl (C=O) groups is 1. The Morgan fingerprint density at radius 3 is 2.48 bits per heavy atom. The van der Waals surface area contributed by atoms with Crippen molar-refractivity contribution in [2.75, 3.05) is 11.1 Å². The average molecular weight is 428 g/mol. The van der Waals surface area contributed by atoms with E-state index < -0.39 is 0 Å². The molecule has 4 rings (SSSR count). The summed E-state index contributed by atoms with van der Waals surface area (Å²) in [5.41, 5.74) is 1.26. The van der Waals surface area contributed by atoms with Crippen molar-refractivity contribution in [3.05, 3.63) is 83.9 Å². The van der Waals surface area contributed by atoms with Crippen LogP contribution in [-0.2, 0) is 4.79 Å². The van der Waals surface area contributed by atoms with Crippen LogP contribution in [0.5, 0.6) is 0 Å². The highest BCUT2D eigenvalue weighted by Gasteiger charge is 2.18. The molecule has 1 amide bonds. The summed E-state index contributed by atoms with van der Waals surface area (Å²) in [6.45, 7) is 0. The van der Waals surface area contributed by atoms with Crippen molar-refractivity contribution in [1.82, 2.24) is 19.5 Å². The second-order valence-corrected chi connectivity index (χ2v) is 7.35. The van der Waals surface area contributed by atoms with Crippen molar-refractivity contribution in [2.45, 2.75) is 5.16 Å². The van der Waals surface area contributed by atoms with Gasteiger partial charge in [-0.3, -0.25) is 9.47 Å². The fourth-order valence-corrected chi connectivity index (χ4v) is 3.65. The summed E-state index contributed by atoms with van der Waals surface area (Å²) < 4.78 is 16.6. The molecule has 0 unspecified atom stereocenters. The van der Waals surface area contributed by atoms with Crippen LogP contribution < -0.4 is 5.32 Å². The first-order valence-electron chi connectivity index (χ1n) is 8.64. The monoisotopic (exact) mass is 427 g/mol. The number of amides is 1. The number of rotatable bonds is 6. The Balaban J connectivity index is 1.57. The molecule has 2 aromatic heterocycles. The van der Waals surface area contributed by atoms with E-state index in [0.29, 0.717) is 21.7 Å². The lowest BCUT2D eigenvalue weighted by atomic mass is 10.2. The number of aromatic nitrogens is 4. The van der Waals surface area contributed by atoms with Gasteiger partial charge in [-0.25, -0.2) is 9.07 Å². The molecule has 6 nitrogen and oxygen atoms in total. The summed E-state index contributed by atoms with van der Waals surface area (Å²) in [5.74, 6) is 0.0831. The highest BCUT2D eigenvalue weighted by atomic mass is 35.5. The molecule has 146 valence electrons. The number of hydrogen-bond donors (Lipinski definition) is 1. The van der Waals surface area contributed by atoms with Crippen molar-refractivity contribution in [1.29, 1.82) is 0 Å². The summed E-state index contributed by atoms with van der Waals surface area (Å²) in [6.07, 6.45) is 3.71. The Morgan fingerprint density at radius 1 is 1.03 bits per heavy atom. The Labute approximate surface area is 175 Å². The average Bonchev–Trinajstić information content (AvgIpc) is 3.38. The van der Waals surface area contributed by atoms with Crippen LogP contribution in [0, 0.1) is 5.82 Å². The van der Waals surface area contributed by atoms with Crippen molar-refractivity contribution in [2.24, 2.45) is 0 Å². The lowest BCUT2D eigenvalue weighted by Gasteiger charge is -2.12. The third kappa shape index (κ3) is 4.33. The first-order valence-corrected chi connectivity index (χ1v) is 10.0. The molecule has 0 radical (unpaired) electrons. The molecule has 1 N–H and O–H groups in total. The first-order chi connectivity index (χ1) is 14.1. The molecule has 0 bridgehead atoms. The van der Waals surface area contributed by atoms with Crippen LogP contribution >= 0.6 is 23.4 Å². The molecular weight excluding hydrogens is 413 g/mol. The third-order valence-electron chi connectivity index (χ3n) is 4.01. The van der Waals surface area contributed by atoms with E-state index in [2.05, 4.69) is 15.5 Å². The highest BCUT2D eigenvalue weighted by molar-refractivity contribution is 7.99. The zero-order valence-corrected chi connectivity index (χ0v) is 16.6. The minimum Gasteiger partial charge on any atom is -0.325 e. The van der Waals surface area contributed by atoms with Gasteiger partial charge in [0, 0.05) is 23.6 Å². The van der Waals surface area contributed by atoms with E-state index in [9.17, 15) is 9.18 Å². The van der Waals surface area contributed by atoms with E-state index in [0.717, 1.165) is 5.56 Å². The van der Waals surface area contributed by atoms with Gasteiger partial charge >= 0.3 is 0 Å². The summed E-state index contributed by atoms with van der Waals surface area (Å²) in [4.78, 5) is 12.3. The molecule has 2 aromatic carbocycles. The molecule has 0 fully saturated rings. The van der Waals surface area contributed by atoms with E-state index in [1.54, 1.807) is 10.7 Å². The number of halogens is 2. The van der Waals surface area contributed by atoms with Crippen LogP contribution in [0.15, 0.2) is 78.2 Å². The van der Waals surface area contributed by atoms with Crippen molar-refractivity contribution >= 4 is 35.0 Å². The molecule has 2 heterocycles. The molecule has 0 saturated carbocycles. The van der Waals surface area contributed by atoms with Crippen LogP contribution in [-0.4, -0.2) is 31.2 Å². The zero-order chi connectivity index (χ0) is 20.2. The number of hydrogen-bond acceptors (Lipinski definition) is 4. The smallest absolute Gasteiger partial charge is 0.234 e. The van der Waals surface area contributed by atoms with E-state index in [4.69, 9.17) is 11.6 Å². The lowest BCUT2D eigenvalue weighted by molar-refractivity contribution is -0.113. The summed E-state index contributed by atoms with van der Waals surface area (Å²) in [6, 6.07) is 16.7. The third-order valence-corrected chi connectivity index (χ3v) is 5.26. The van der Waals surface area contributed by atoms with Crippen molar-refractivity contribution < 1.29 is 9.18 Å². The summed E-state index contributed by atoms with van der Waals surface area (Å²) in [7, 11) is 0. The Kier molecular flexibility index (Phi) is 5.64. The summed E-state index contributed by atoms with van der Waals surface area (Å²) in [5, 5.41) is 12.4. The lowest BCUT2D eigenvalue weighted by Crippen LogP contribution is -2.15. The maximum atomic E-state index is 13.0. The van der Waals surface area contributed by atoms with Gasteiger partial charge < -0.3 is 5.32 Å². The molecule has 0 saturated heterocycles. The maximum absolute atomic E-state index is 13.0. The number of nitrogens with one attached hydrogen (secondary N) is 1. The number of anilines is 1. The van der Waals surface area contributed by atoms with Gasteiger partial charge in [-0.05, 0) is 48.5 Å². The van der Waals surface area contributed by atoms with Crippen molar-refractivity contribution in [3.63, 3.8) is 0 Å². The van der Waals surface area contributed by atoms with Crippen LogP contribution in [0.2, 0.25) is 5.02 Å². The van der Waals surface area contributed by atoms with Gasteiger partial charge in [0.25, 0.3) is 0 Å². The van der Waals surface area contributed by atoms with Crippen LogP contribution in [0.1, 0.15) is 0 Å². The Hall–Kier alpha value is -3.10. The predicted octanol–water partition coefficient (Wildman–Crippen LogP) is 4.58. The quantitative estimate of drug-likeness (QED) is 0.457. The van der Waals surface area contributed by atoms with Gasteiger partial charge in [-0.15, -0.1) is 10.2 Å². The zero-order valence-electron chi connectivity index (χ0n) is 15.0. The van der Waals surface area contributed by atoms with E-state index in [-0.39, 0.29) is 17.5 Å². The number of carbonyl (C=O) groups excluding carboxylic acids is 1. The molecule has 29 heavy (non-hydrogen) atoms. The topological polar surface area (TPSA) is 64.7 Å². The standard InChI is InChI=1S/C20H15ClFN5OS/c21-17-6-2-1-5-16(17)19-24-25-20(27(19)26-11-3-4-12-26)29-13-18(28)23-15-9-7-14(22)8-10-15/h1-12H,13H2,(H,23,28). The van der Waals surface area contributed by atoms with Gasteiger partial charge in [-0.2, -0.15) is 0 Å². The Morgan fingerprint density at radius 2 is 1.76 bits per heavy atom. The molecule has 4 aromatic rings. The first kappa shape index (κ1) is 19.2. The normalized spacial score (nSPS) is 10.8. The highest BCUT2D eigenvalue weighted by Crippen LogP contribution is 2.29. The van der Waals surface area contributed by atoms with Crippen LogP contribution in [0.3, 0.4) is 0 Å². The molecule has 9 heteroatoms.